The number of amides is 1. The Morgan fingerprint density at radius 3 is 2.20 bits per heavy atom. The lowest BCUT2D eigenvalue weighted by atomic mass is 10.2. The van der Waals surface area contributed by atoms with Gasteiger partial charge < -0.3 is 9.64 Å². The Bertz CT molecular complexity index is 685. The van der Waals surface area contributed by atoms with E-state index in [1.807, 2.05) is 6.92 Å². The fraction of sp³-hybridized carbons (Fsp3) is 0.529. The number of carbonyl (C=O) groups excluding carboxylic acids is 2. The van der Waals surface area contributed by atoms with Gasteiger partial charge in [-0.05, 0) is 37.6 Å². The number of hydrogen-bond donors (Lipinski definition) is 0. The number of likely N-dealkylation sites (N-methyl/N-ethyl adjacent to an activating group) is 1. The van der Waals surface area contributed by atoms with Crippen molar-refractivity contribution in [1.29, 1.82) is 0 Å². The van der Waals surface area contributed by atoms with Crippen molar-refractivity contribution in [3.63, 3.8) is 0 Å². The van der Waals surface area contributed by atoms with Gasteiger partial charge in [-0.1, -0.05) is 13.3 Å². The molecule has 1 amide bonds. The van der Waals surface area contributed by atoms with Crippen LogP contribution >= 0.6 is 0 Å². The molecule has 0 spiro atoms. The first-order valence-electron chi connectivity index (χ1n) is 8.19. The predicted molar refractivity (Wildman–Crippen MR) is 97.1 cm³/mol. The average molecular weight is 370 g/mol. The molecule has 0 aromatic heterocycles. The summed E-state index contributed by atoms with van der Waals surface area (Å²) >= 11 is 0. The molecule has 140 valence electrons. The summed E-state index contributed by atoms with van der Waals surface area (Å²) in [7, 11) is -1.99. The fourth-order valence-corrected chi connectivity index (χ4v) is 2.99. The summed E-state index contributed by atoms with van der Waals surface area (Å²) in [6.45, 7) is 4.28. The highest BCUT2D eigenvalue weighted by atomic mass is 32.2. The highest BCUT2D eigenvalue weighted by Gasteiger charge is 2.23. The molecule has 0 atom stereocenters. The maximum Gasteiger partial charge on any atom is 0.338 e. The third kappa shape index (κ3) is 6.38. The smallest absolute Gasteiger partial charge is 0.338 e. The summed E-state index contributed by atoms with van der Waals surface area (Å²) in [5.74, 6) is -0.760. The number of sulfonamides is 1. The van der Waals surface area contributed by atoms with E-state index in [-0.39, 0.29) is 19.1 Å². The molecule has 0 aliphatic heterocycles. The zero-order chi connectivity index (χ0) is 19.0. The fourth-order valence-electron chi connectivity index (χ4n) is 2.14. The number of rotatable bonds is 9. The summed E-state index contributed by atoms with van der Waals surface area (Å²) < 4.78 is 30.1. The Hall–Kier alpha value is -2.09. The molecule has 0 bridgehead atoms. The monoisotopic (exact) mass is 370 g/mol. The van der Waals surface area contributed by atoms with Crippen molar-refractivity contribution < 1.29 is 22.7 Å². The summed E-state index contributed by atoms with van der Waals surface area (Å²) in [5.41, 5.74) is 0.651. The van der Waals surface area contributed by atoms with Gasteiger partial charge in [-0.2, -0.15) is 0 Å². The molecule has 0 fully saturated rings. The van der Waals surface area contributed by atoms with Gasteiger partial charge in [0.1, 0.15) is 6.54 Å². The molecule has 0 heterocycles. The van der Waals surface area contributed by atoms with Crippen molar-refractivity contribution in [2.45, 2.75) is 26.7 Å². The standard InChI is InChI=1S/C17H26N2O5S/c1-5-7-12-18(3)16(20)13-19(25(4,22)23)15-10-8-14(9-11-15)17(21)24-6-2/h8-11H,5-7,12-13H2,1-4H3. The number of anilines is 1. The van der Waals surface area contributed by atoms with Gasteiger partial charge in [0, 0.05) is 13.6 Å². The average Bonchev–Trinajstić information content (AvgIpc) is 2.56. The molecule has 0 aliphatic carbocycles. The maximum atomic E-state index is 12.3. The van der Waals surface area contributed by atoms with Crippen molar-refractivity contribution in [2.24, 2.45) is 0 Å². The van der Waals surface area contributed by atoms with Crippen LogP contribution in [0.15, 0.2) is 24.3 Å². The van der Waals surface area contributed by atoms with Crippen LogP contribution in [0.4, 0.5) is 5.69 Å². The number of nitrogens with zero attached hydrogens (tertiary/aromatic N) is 2. The molecule has 0 saturated heterocycles. The molecule has 1 aromatic rings. The van der Waals surface area contributed by atoms with Crippen LogP contribution in [0.1, 0.15) is 37.0 Å². The van der Waals surface area contributed by atoms with E-state index < -0.39 is 16.0 Å². The van der Waals surface area contributed by atoms with E-state index >= 15 is 0 Å². The Labute approximate surface area is 149 Å². The zero-order valence-electron chi connectivity index (χ0n) is 15.2. The Morgan fingerprint density at radius 2 is 1.72 bits per heavy atom. The van der Waals surface area contributed by atoms with Crippen molar-refractivity contribution in [3.05, 3.63) is 29.8 Å². The van der Waals surface area contributed by atoms with Crippen LogP contribution in [0.2, 0.25) is 0 Å². The van der Waals surface area contributed by atoms with Crippen LogP contribution in [0, 0.1) is 0 Å². The van der Waals surface area contributed by atoms with E-state index in [0.717, 1.165) is 23.4 Å². The van der Waals surface area contributed by atoms with Gasteiger partial charge in [0.15, 0.2) is 0 Å². The number of unbranched alkanes of at least 4 members (excludes halogenated alkanes) is 1. The number of carbonyl (C=O) groups is 2. The SMILES string of the molecule is CCCCN(C)C(=O)CN(c1ccc(C(=O)OCC)cc1)S(C)(=O)=O. The normalized spacial score (nSPS) is 11.0. The molecule has 0 aliphatic rings. The molecule has 0 N–H and O–H groups in total. The Balaban J connectivity index is 2.97. The minimum atomic E-state index is -3.64. The van der Waals surface area contributed by atoms with E-state index in [1.54, 1.807) is 14.0 Å². The van der Waals surface area contributed by atoms with Gasteiger partial charge in [-0.15, -0.1) is 0 Å². The van der Waals surface area contributed by atoms with Crippen molar-refractivity contribution in [1.82, 2.24) is 4.90 Å². The topological polar surface area (TPSA) is 84.0 Å². The second-order valence-electron chi connectivity index (χ2n) is 5.71. The minimum absolute atomic E-state index is 0.259. The first kappa shape index (κ1) is 21.0. The maximum absolute atomic E-state index is 12.3. The van der Waals surface area contributed by atoms with Gasteiger partial charge in [0.2, 0.25) is 15.9 Å². The molecule has 7 nitrogen and oxygen atoms in total. The van der Waals surface area contributed by atoms with E-state index in [2.05, 4.69) is 0 Å². The van der Waals surface area contributed by atoms with Crippen molar-refractivity contribution in [2.75, 3.05) is 37.3 Å². The number of hydrogen-bond acceptors (Lipinski definition) is 5. The van der Waals surface area contributed by atoms with E-state index in [0.29, 0.717) is 17.8 Å². The number of benzene rings is 1. The molecular formula is C17H26N2O5S. The second kappa shape index (κ2) is 9.41. The first-order chi connectivity index (χ1) is 11.7. The third-order valence-electron chi connectivity index (χ3n) is 3.62. The van der Waals surface area contributed by atoms with Crippen LogP contribution in [-0.2, 0) is 19.6 Å². The lowest BCUT2D eigenvalue weighted by molar-refractivity contribution is -0.128. The highest BCUT2D eigenvalue weighted by Crippen LogP contribution is 2.19. The molecule has 1 rings (SSSR count). The number of esters is 1. The summed E-state index contributed by atoms with van der Waals surface area (Å²) in [6, 6.07) is 5.95. The molecule has 0 unspecified atom stereocenters. The van der Waals surface area contributed by atoms with Gasteiger partial charge in [-0.25, -0.2) is 13.2 Å². The highest BCUT2D eigenvalue weighted by molar-refractivity contribution is 7.92. The van der Waals surface area contributed by atoms with Gasteiger partial charge in [0.25, 0.3) is 0 Å². The van der Waals surface area contributed by atoms with Crippen LogP contribution in [0.3, 0.4) is 0 Å². The van der Waals surface area contributed by atoms with E-state index in [9.17, 15) is 18.0 Å². The van der Waals surface area contributed by atoms with Gasteiger partial charge in [0.05, 0.1) is 24.1 Å². The van der Waals surface area contributed by atoms with E-state index in [1.165, 1.54) is 29.2 Å². The Morgan fingerprint density at radius 1 is 1.12 bits per heavy atom. The largest absolute Gasteiger partial charge is 0.462 e. The lowest BCUT2D eigenvalue weighted by Crippen LogP contribution is -2.41. The number of ether oxygens (including phenoxy) is 1. The minimum Gasteiger partial charge on any atom is -0.462 e. The summed E-state index contributed by atoms with van der Waals surface area (Å²) in [4.78, 5) is 25.5. The van der Waals surface area contributed by atoms with Crippen molar-refractivity contribution in [3.8, 4) is 0 Å². The first-order valence-corrected chi connectivity index (χ1v) is 10.0. The molecule has 25 heavy (non-hydrogen) atoms. The van der Waals surface area contributed by atoms with Crippen molar-refractivity contribution >= 4 is 27.6 Å². The zero-order valence-corrected chi connectivity index (χ0v) is 16.0. The Kier molecular flexibility index (Phi) is 7.89. The van der Waals surface area contributed by atoms with Crippen LogP contribution in [0.5, 0.6) is 0 Å². The van der Waals surface area contributed by atoms with Crippen LogP contribution in [0.25, 0.3) is 0 Å². The second-order valence-corrected chi connectivity index (χ2v) is 7.61. The van der Waals surface area contributed by atoms with Gasteiger partial charge in [-0.3, -0.25) is 9.10 Å². The summed E-state index contributed by atoms with van der Waals surface area (Å²) in [5, 5.41) is 0. The molecule has 8 heteroatoms. The van der Waals surface area contributed by atoms with Crippen LogP contribution in [-0.4, -0.2) is 58.2 Å². The van der Waals surface area contributed by atoms with E-state index in [4.69, 9.17) is 4.74 Å². The predicted octanol–water partition coefficient (Wildman–Crippen LogP) is 1.89. The molecule has 0 radical (unpaired) electrons. The molecule has 1 aromatic carbocycles. The van der Waals surface area contributed by atoms with Gasteiger partial charge >= 0.3 is 5.97 Å². The quantitative estimate of drug-likeness (QED) is 0.620. The summed E-state index contributed by atoms with van der Waals surface area (Å²) in [6.07, 6.45) is 2.85. The third-order valence-corrected chi connectivity index (χ3v) is 4.76. The molecular weight excluding hydrogens is 344 g/mol. The lowest BCUT2D eigenvalue weighted by Gasteiger charge is -2.25. The van der Waals surface area contributed by atoms with Crippen LogP contribution < -0.4 is 4.31 Å². The molecule has 0 saturated carbocycles.